The molecule has 0 spiro atoms. The van der Waals surface area contributed by atoms with Crippen LogP contribution < -0.4 is 21.9 Å². The van der Waals surface area contributed by atoms with Gasteiger partial charge < -0.3 is 5.73 Å². The van der Waals surface area contributed by atoms with Crippen molar-refractivity contribution in [3.63, 3.8) is 0 Å². The molecular weight excluding hydrogens is 188 g/mol. The highest BCUT2D eigenvalue weighted by molar-refractivity contribution is 6.30. The Hall–Kier alpha value is -0.650. The topological polar surface area (TPSA) is 62.1 Å². The summed E-state index contributed by atoms with van der Waals surface area (Å²) in [4.78, 5) is 0. The number of hydrogen-bond donors (Lipinski definition) is 4. The van der Waals surface area contributed by atoms with Gasteiger partial charge in [-0.2, -0.15) is 0 Å². The highest BCUT2D eigenvalue weighted by Gasteiger charge is 2.19. The predicted molar refractivity (Wildman–Crippen MR) is 51.6 cm³/mol. The number of rotatable bonds is 1. The molecule has 5 heteroatoms. The van der Waals surface area contributed by atoms with E-state index in [1.54, 1.807) is 0 Å². The lowest BCUT2D eigenvalue weighted by molar-refractivity contribution is 0.546. The first-order valence-corrected chi connectivity index (χ1v) is 4.42. The van der Waals surface area contributed by atoms with Gasteiger partial charge in [-0.1, -0.05) is 23.7 Å². The van der Waals surface area contributed by atoms with E-state index in [0.29, 0.717) is 0 Å². The van der Waals surface area contributed by atoms with Crippen LogP contribution >= 0.6 is 11.6 Å². The Labute approximate surface area is 81.4 Å². The van der Waals surface area contributed by atoms with Gasteiger partial charge in [-0.25, -0.2) is 10.9 Å². The highest BCUT2D eigenvalue weighted by atomic mass is 35.5. The van der Waals surface area contributed by atoms with E-state index in [0.717, 1.165) is 10.6 Å². The molecule has 0 amide bonds. The van der Waals surface area contributed by atoms with Crippen LogP contribution in [-0.2, 0) is 0 Å². The predicted octanol–water partition coefficient (Wildman–Crippen LogP) is 0.278. The number of hydrazine groups is 1. The highest BCUT2D eigenvalue weighted by Crippen LogP contribution is 2.15. The Kier molecular flexibility index (Phi) is 2.48. The molecule has 1 fully saturated rings. The molecule has 70 valence electrons. The molecule has 5 N–H and O–H groups in total. The van der Waals surface area contributed by atoms with Gasteiger partial charge in [0.05, 0.1) is 6.17 Å². The molecular formula is C8H11ClN4. The Bertz CT molecular complexity index is 287. The van der Waals surface area contributed by atoms with Crippen molar-refractivity contribution < 1.29 is 0 Å². The third kappa shape index (κ3) is 1.99. The summed E-state index contributed by atoms with van der Waals surface area (Å²) in [7, 11) is 0. The smallest absolute Gasteiger partial charge is 0.123 e. The normalized spacial score (nSPS) is 27.8. The summed E-state index contributed by atoms with van der Waals surface area (Å²) in [5, 5.41) is 3.84. The summed E-state index contributed by atoms with van der Waals surface area (Å²) in [6.45, 7) is 0. The van der Waals surface area contributed by atoms with Gasteiger partial charge in [0, 0.05) is 5.02 Å². The van der Waals surface area contributed by atoms with E-state index in [2.05, 4.69) is 16.2 Å². The largest absolute Gasteiger partial charge is 0.303 e. The van der Waals surface area contributed by atoms with E-state index >= 15 is 0 Å². The minimum Gasteiger partial charge on any atom is -0.303 e. The zero-order valence-electron chi connectivity index (χ0n) is 6.92. The summed E-state index contributed by atoms with van der Waals surface area (Å²) in [6, 6.07) is 7.60. The molecule has 1 aromatic carbocycles. The van der Waals surface area contributed by atoms with Crippen molar-refractivity contribution in [2.24, 2.45) is 5.73 Å². The second kappa shape index (κ2) is 3.61. The molecule has 13 heavy (non-hydrogen) atoms. The van der Waals surface area contributed by atoms with Gasteiger partial charge in [-0.05, 0) is 17.7 Å². The molecule has 1 heterocycles. The monoisotopic (exact) mass is 198 g/mol. The lowest BCUT2D eigenvalue weighted by atomic mass is 10.2. The zero-order valence-corrected chi connectivity index (χ0v) is 7.68. The molecule has 2 rings (SSSR count). The van der Waals surface area contributed by atoms with Crippen LogP contribution in [-0.4, -0.2) is 6.29 Å². The van der Waals surface area contributed by atoms with Crippen molar-refractivity contribution in [2.75, 3.05) is 0 Å². The van der Waals surface area contributed by atoms with E-state index in [-0.39, 0.29) is 12.5 Å². The maximum atomic E-state index is 5.77. The Morgan fingerprint density at radius 2 is 1.85 bits per heavy atom. The first-order chi connectivity index (χ1) is 6.25. The van der Waals surface area contributed by atoms with Gasteiger partial charge in [0.25, 0.3) is 0 Å². The molecule has 1 saturated heterocycles. The van der Waals surface area contributed by atoms with Crippen LogP contribution in [0.5, 0.6) is 0 Å². The second-order valence-electron chi connectivity index (χ2n) is 2.92. The molecule has 2 unspecified atom stereocenters. The molecule has 2 atom stereocenters. The Morgan fingerprint density at radius 3 is 2.38 bits per heavy atom. The number of hydrogen-bond acceptors (Lipinski definition) is 4. The molecule has 1 aliphatic heterocycles. The molecule has 0 bridgehead atoms. The summed E-state index contributed by atoms with van der Waals surface area (Å²) >= 11 is 5.77. The van der Waals surface area contributed by atoms with Gasteiger partial charge in [0.1, 0.15) is 6.29 Å². The molecule has 0 saturated carbocycles. The fourth-order valence-corrected chi connectivity index (χ4v) is 1.40. The van der Waals surface area contributed by atoms with E-state index < -0.39 is 0 Å². The minimum atomic E-state index is -0.208. The van der Waals surface area contributed by atoms with Gasteiger partial charge in [-0.15, -0.1) is 0 Å². The Morgan fingerprint density at radius 1 is 1.15 bits per heavy atom. The maximum absolute atomic E-state index is 5.77. The van der Waals surface area contributed by atoms with E-state index in [1.807, 2.05) is 24.3 Å². The number of nitrogens with one attached hydrogen (secondary N) is 3. The van der Waals surface area contributed by atoms with E-state index in [1.165, 1.54) is 0 Å². The van der Waals surface area contributed by atoms with Crippen molar-refractivity contribution in [1.82, 2.24) is 16.2 Å². The number of benzene rings is 1. The number of halogens is 1. The molecule has 0 aliphatic carbocycles. The van der Waals surface area contributed by atoms with E-state index in [4.69, 9.17) is 17.3 Å². The summed E-state index contributed by atoms with van der Waals surface area (Å²) in [5.74, 6) is 0. The summed E-state index contributed by atoms with van der Waals surface area (Å²) in [5.41, 5.74) is 12.6. The fourth-order valence-electron chi connectivity index (χ4n) is 1.27. The summed E-state index contributed by atoms with van der Waals surface area (Å²) < 4.78 is 0. The molecule has 0 radical (unpaired) electrons. The van der Waals surface area contributed by atoms with Crippen LogP contribution in [0.2, 0.25) is 5.02 Å². The van der Waals surface area contributed by atoms with E-state index in [9.17, 15) is 0 Å². The Balaban J connectivity index is 2.13. The summed E-state index contributed by atoms with van der Waals surface area (Å²) in [6.07, 6.45) is -0.159. The standard InChI is InChI=1S/C8H11ClN4/c9-6-3-1-5(2-4-6)7-11-8(10)13-12-7/h1-4,7-8,11-13H,10H2. The SMILES string of the molecule is NC1NNC(c2ccc(Cl)cc2)N1. The average molecular weight is 199 g/mol. The minimum absolute atomic E-state index is 0.0484. The van der Waals surface area contributed by atoms with Crippen LogP contribution in [0.15, 0.2) is 24.3 Å². The quantitative estimate of drug-likeness (QED) is 0.524. The molecule has 1 aromatic rings. The van der Waals surface area contributed by atoms with Gasteiger partial charge in [0.2, 0.25) is 0 Å². The fraction of sp³-hybridized carbons (Fsp3) is 0.250. The molecule has 4 nitrogen and oxygen atoms in total. The van der Waals surface area contributed by atoms with Crippen LogP contribution in [0.3, 0.4) is 0 Å². The van der Waals surface area contributed by atoms with Crippen LogP contribution in [0.1, 0.15) is 11.7 Å². The first kappa shape index (κ1) is 8.93. The third-order valence-electron chi connectivity index (χ3n) is 1.93. The first-order valence-electron chi connectivity index (χ1n) is 4.04. The van der Waals surface area contributed by atoms with Crippen molar-refractivity contribution in [3.05, 3.63) is 34.9 Å². The van der Waals surface area contributed by atoms with Crippen LogP contribution in [0.25, 0.3) is 0 Å². The number of nitrogens with two attached hydrogens (primary N) is 1. The third-order valence-corrected chi connectivity index (χ3v) is 2.18. The lowest BCUT2D eigenvalue weighted by Crippen LogP contribution is -2.41. The van der Waals surface area contributed by atoms with Crippen LogP contribution in [0.4, 0.5) is 0 Å². The maximum Gasteiger partial charge on any atom is 0.123 e. The molecule has 1 aliphatic rings. The van der Waals surface area contributed by atoms with Crippen molar-refractivity contribution in [2.45, 2.75) is 12.5 Å². The van der Waals surface area contributed by atoms with Crippen molar-refractivity contribution >= 4 is 11.6 Å². The van der Waals surface area contributed by atoms with Crippen molar-refractivity contribution in [3.8, 4) is 0 Å². The average Bonchev–Trinajstić information content (AvgIpc) is 2.53. The lowest BCUT2D eigenvalue weighted by Gasteiger charge is -2.09. The van der Waals surface area contributed by atoms with Gasteiger partial charge >= 0.3 is 0 Å². The molecule has 0 aromatic heterocycles. The van der Waals surface area contributed by atoms with Crippen LogP contribution in [0, 0.1) is 0 Å². The van der Waals surface area contributed by atoms with Gasteiger partial charge in [-0.3, -0.25) is 5.32 Å². The van der Waals surface area contributed by atoms with Crippen molar-refractivity contribution in [1.29, 1.82) is 0 Å². The zero-order chi connectivity index (χ0) is 9.26. The van der Waals surface area contributed by atoms with Gasteiger partial charge in [0.15, 0.2) is 0 Å². The second-order valence-corrected chi connectivity index (χ2v) is 3.35.